The van der Waals surface area contributed by atoms with Gasteiger partial charge in [0.15, 0.2) is 0 Å². The van der Waals surface area contributed by atoms with Crippen LogP contribution >= 0.6 is 0 Å². The van der Waals surface area contributed by atoms with E-state index in [1.165, 1.54) is 12.8 Å². The molecule has 1 aliphatic carbocycles. The molecule has 3 rings (SSSR count). The Labute approximate surface area is 114 Å². The molecule has 19 heavy (non-hydrogen) atoms. The Bertz CT molecular complexity index is 443. The van der Waals surface area contributed by atoms with Crippen LogP contribution in [0, 0.1) is 11.8 Å². The molecule has 1 aromatic heterocycles. The van der Waals surface area contributed by atoms with Crippen molar-refractivity contribution in [1.82, 2.24) is 9.97 Å². The molecule has 2 atom stereocenters. The predicted molar refractivity (Wildman–Crippen MR) is 77.2 cm³/mol. The van der Waals surface area contributed by atoms with E-state index in [1.54, 1.807) is 6.33 Å². The molecule has 2 heterocycles. The molecule has 2 aliphatic rings. The molecule has 1 saturated heterocycles. The predicted octanol–water partition coefficient (Wildman–Crippen LogP) is 1.47. The molecule has 2 unspecified atom stereocenters. The average Bonchev–Trinajstić information content (AvgIpc) is 3.12. The summed E-state index contributed by atoms with van der Waals surface area (Å²) in [5.74, 6) is 3.40. The minimum absolute atomic E-state index is 0.295. The fraction of sp³-hybridized carbons (Fsp3) is 0.714. The van der Waals surface area contributed by atoms with Gasteiger partial charge in [-0.3, -0.25) is 0 Å². The fourth-order valence-electron chi connectivity index (χ4n) is 2.96. The van der Waals surface area contributed by atoms with Crippen LogP contribution in [0.5, 0.6) is 0 Å². The first-order valence-electron chi connectivity index (χ1n) is 7.22. The highest BCUT2D eigenvalue weighted by Gasteiger charge is 2.41. The highest BCUT2D eigenvalue weighted by atomic mass is 15.2. The maximum atomic E-state index is 6.27. The average molecular weight is 261 g/mol. The summed E-state index contributed by atoms with van der Waals surface area (Å²) in [5.41, 5.74) is 6.27. The molecule has 104 valence electrons. The molecule has 0 bridgehead atoms. The van der Waals surface area contributed by atoms with Crippen LogP contribution in [-0.4, -0.2) is 35.1 Å². The molecule has 3 N–H and O–H groups in total. The maximum absolute atomic E-state index is 6.27. The van der Waals surface area contributed by atoms with Crippen LogP contribution in [0.2, 0.25) is 0 Å². The largest absolute Gasteiger partial charge is 0.368 e. The number of aromatic nitrogens is 2. The van der Waals surface area contributed by atoms with Crippen molar-refractivity contribution in [1.29, 1.82) is 0 Å². The van der Waals surface area contributed by atoms with E-state index in [9.17, 15) is 0 Å². The Balaban J connectivity index is 1.71. The number of nitrogens with two attached hydrogens (primary N) is 1. The lowest BCUT2D eigenvalue weighted by Gasteiger charge is -2.18. The van der Waals surface area contributed by atoms with Gasteiger partial charge in [-0.1, -0.05) is 0 Å². The summed E-state index contributed by atoms with van der Waals surface area (Å²) in [7, 11) is 0. The van der Waals surface area contributed by atoms with Crippen molar-refractivity contribution in [2.75, 3.05) is 23.3 Å². The van der Waals surface area contributed by atoms with Gasteiger partial charge >= 0.3 is 0 Å². The smallest absolute Gasteiger partial charge is 0.134 e. The van der Waals surface area contributed by atoms with Crippen molar-refractivity contribution in [2.24, 2.45) is 17.6 Å². The Morgan fingerprint density at radius 2 is 2.11 bits per heavy atom. The lowest BCUT2D eigenvalue weighted by atomic mass is 9.99. The van der Waals surface area contributed by atoms with Crippen LogP contribution < -0.4 is 16.0 Å². The zero-order valence-corrected chi connectivity index (χ0v) is 11.7. The molecule has 2 fully saturated rings. The second kappa shape index (κ2) is 4.96. The first-order valence-corrected chi connectivity index (χ1v) is 7.22. The van der Waals surface area contributed by atoms with Crippen molar-refractivity contribution >= 4 is 11.6 Å². The molecule has 0 spiro atoms. The topological polar surface area (TPSA) is 67.1 Å². The molecule has 1 saturated carbocycles. The lowest BCUT2D eigenvalue weighted by molar-refractivity contribution is 0.456. The molecule has 0 aromatic carbocycles. The van der Waals surface area contributed by atoms with E-state index in [0.29, 0.717) is 18.0 Å². The number of hydrogen-bond acceptors (Lipinski definition) is 5. The second-order valence-corrected chi connectivity index (χ2v) is 6.13. The quantitative estimate of drug-likeness (QED) is 0.859. The van der Waals surface area contributed by atoms with E-state index < -0.39 is 0 Å². The summed E-state index contributed by atoms with van der Waals surface area (Å²) < 4.78 is 0. The Morgan fingerprint density at radius 3 is 2.79 bits per heavy atom. The highest BCUT2D eigenvalue weighted by Crippen LogP contribution is 2.41. The van der Waals surface area contributed by atoms with Gasteiger partial charge in [0.05, 0.1) is 0 Å². The molecule has 5 nitrogen and oxygen atoms in total. The molecular formula is C14H23N5. The molecular weight excluding hydrogens is 238 g/mol. The van der Waals surface area contributed by atoms with Gasteiger partial charge in [0.2, 0.25) is 0 Å². The van der Waals surface area contributed by atoms with Gasteiger partial charge in [0.1, 0.15) is 18.0 Å². The number of rotatable bonds is 4. The Kier molecular flexibility index (Phi) is 3.31. The summed E-state index contributed by atoms with van der Waals surface area (Å²) in [6, 6.07) is 2.70. The first-order chi connectivity index (χ1) is 9.13. The summed E-state index contributed by atoms with van der Waals surface area (Å²) in [4.78, 5) is 11.0. The summed E-state index contributed by atoms with van der Waals surface area (Å²) in [5, 5.41) is 3.32. The van der Waals surface area contributed by atoms with Gasteiger partial charge < -0.3 is 16.0 Å². The third-order valence-corrected chi connectivity index (χ3v) is 4.05. The monoisotopic (exact) mass is 261 g/mol. The third-order valence-electron chi connectivity index (χ3n) is 4.05. The van der Waals surface area contributed by atoms with Gasteiger partial charge in [0, 0.05) is 31.2 Å². The van der Waals surface area contributed by atoms with E-state index in [2.05, 4.69) is 34.0 Å². The second-order valence-electron chi connectivity index (χ2n) is 6.13. The minimum atomic E-state index is 0.295. The van der Waals surface area contributed by atoms with Crippen LogP contribution in [0.1, 0.15) is 26.7 Å². The van der Waals surface area contributed by atoms with E-state index in [0.717, 1.165) is 30.6 Å². The summed E-state index contributed by atoms with van der Waals surface area (Å²) in [6.45, 7) is 6.18. The van der Waals surface area contributed by atoms with Crippen molar-refractivity contribution in [3.63, 3.8) is 0 Å². The third kappa shape index (κ3) is 2.81. The van der Waals surface area contributed by atoms with Gasteiger partial charge in [-0.25, -0.2) is 9.97 Å². The van der Waals surface area contributed by atoms with Crippen LogP contribution in [0.4, 0.5) is 11.6 Å². The van der Waals surface area contributed by atoms with Crippen molar-refractivity contribution in [3.8, 4) is 0 Å². The number of anilines is 2. The van der Waals surface area contributed by atoms with Crippen LogP contribution in [0.3, 0.4) is 0 Å². The van der Waals surface area contributed by atoms with E-state index >= 15 is 0 Å². The standard InChI is InChI=1S/C14H23N5/c1-9(2)18-13-5-14(17-8-16-13)19-6-11(10-3-4-10)12(15)7-19/h5,8-12H,3-4,6-7,15H2,1-2H3,(H,16,17,18). The highest BCUT2D eigenvalue weighted by molar-refractivity contribution is 5.49. The van der Waals surface area contributed by atoms with E-state index in [1.807, 2.05) is 6.07 Å². The SMILES string of the molecule is CC(C)Nc1cc(N2CC(N)C(C3CC3)C2)ncn1. The van der Waals surface area contributed by atoms with Gasteiger partial charge in [-0.15, -0.1) is 0 Å². The summed E-state index contributed by atoms with van der Waals surface area (Å²) in [6.07, 6.45) is 4.35. The maximum Gasteiger partial charge on any atom is 0.134 e. The fourth-order valence-corrected chi connectivity index (χ4v) is 2.96. The lowest BCUT2D eigenvalue weighted by Crippen LogP contribution is -2.30. The van der Waals surface area contributed by atoms with Crippen molar-refractivity contribution in [2.45, 2.75) is 38.8 Å². The molecule has 5 heteroatoms. The number of hydrogen-bond donors (Lipinski definition) is 2. The normalized spacial score (nSPS) is 27.1. The number of nitrogens with zero attached hydrogens (tertiary/aromatic N) is 3. The Hall–Kier alpha value is -1.36. The molecule has 1 aromatic rings. The number of nitrogens with one attached hydrogen (secondary N) is 1. The van der Waals surface area contributed by atoms with Gasteiger partial charge in [-0.2, -0.15) is 0 Å². The molecule has 1 aliphatic heterocycles. The Morgan fingerprint density at radius 1 is 1.32 bits per heavy atom. The zero-order valence-electron chi connectivity index (χ0n) is 11.7. The summed E-state index contributed by atoms with van der Waals surface area (Å²) >= 11 is 0. The first kappa shape index (κ1) is 12.7. The van der Waals surface area contributed by atoms with Crippen LogP contribution in [-0.2, 0) is 0 Å². The zero-order chi connectivity index (χ0) is 13.4. The van der Waals surface area contributed by atoms with E-state index in [4.69, 9.17) is 5.73 Å². The molecule has 0 radical (unpaired) electrons. The minimum Gasteiger partial charge on any atom is -0.368 e. The van der Waals surface area contributed by atoms with Crippen molar-refractivity contribution in [3.05, 3.63) is 12.4 Å². The van der Waals surface area contributed by atoms with E-state index in [-0.39, 0.29) is 0 Å². The van der Waals surface area contributed by atoms with Gasteiger partial charge in [-0.05, 0) is 38.5 Å². The van der Waals surface area contributed by atoms with Crippen LogP contribution in [0.15, 0.2) is 12.4 Å². The van der Waals surface area contributed by atoms with Gasteiger partial charge in [0.25, 0.3) is 0 Å². The van der Waals surface area contributed by atoms with Crippen molar-refractivity contribution < 1.29 is 0 Å². The molecule has 0 amide bonds. The van der Waals surface area contributed by atoms with Crippen LogP contribution in [0.25, 0.3) is 0 Å².